The minimum atomic E-state index is -0.117. The molecule has 1 N–H and O–H groups in total. The zero-order chi connectivity index (χ0) is 13.9. The van der Waals surface area contributed by atoms with Crippen LogP contribution < -0.4 is 0 Å². The number of aliphatic hydroxyl groups is 1. The Balaban J connectivity index is 2.19. The molecular weight excluding hydrogens is 238 g/mol. The van der Waals surface area contributed by atoms with Crippen molar-refractivity contribution in [3.8, 4) is 0 Å². The van der Waals surface area contributed by atoms with Gasteiger partial charge in [-0.05, 0) is 32.8 Å². The van der Waals surface area contributed by atoms with Crippen molar-refractivity contribution >= 4 is 0 Å². The Hall–Kier alpha value is -1.68. The van der Waals surface area contributed by atoms with Crippen LogP contribution in [0.1, 0.15) is 38.0 Å². The minimum Gasteiger partial charge on any atom is -0.388 e. The molecule has 4 heteroatoms. The molecule has 0 aliphatic carbocycles. The molecule has 0 spiro atoms. The van der Waals surface area contributed by atoms with Crippen molar-refractivity contribution in [2.45, 2.75) is 45.8 Å². The molecule has 1 heterocycles. The highest BCUT2D eigenvalue weighted by Crippen LogP contribution is 2.19. The molecule has 0 fully saturated rings. The summed E-state index contributed by atoms with van der Waals surface area (Å²) in [6.45, 7) is 6.22. The van der Waals surface area contributed by atoms with Gasteiger partial charge in [-0.25, -0.2) is 0 Å². The smallest absolute Gasteiger partial charge is 0.159 e. The third kappa shape index (κ3) is 3.20. The van der Waals surface area contributed by atoms with Gasteiger partial charge in [0.25, 0.3) is 0 Å². The lowest BCUT2D eigenvalue weighted by Gasteiger charge is -2.24. The number of benzene rings is 1. The van der Waals surface area contributed by atoms with Gasteiger partial charge in [0, 0.05) is 12.0 Å². The largest absolute Gasteiger partial charge is 0.388 e. The van der Waals surface area contributed by atoms with Crippen LogP contribution in [0.5, 0.6) is 0 Å². The summed E-state index contributed by atoms with van der Waals surface area (Å²) in [6.07, 6.45) is 1.76. The van der Waals surface area contributed by atoms with Crippen molar-refractivity contribution in [1.29, 1.82) is 0 Å². The first-order valence-electron chi connectivity index (χ1n) is 6.61. The standard InChI is InChI=1S/C15H21N3O/c1-15(2,3)18-13(16-17-14(18)11-19)10-9-12-7-5-4-6-8-12/h4-8,19H,9-11H2,1-3H3. The van der Waals surface area contributed by atoms with E-state index in [1.165, 1.54) is 5.56 Å². The summed E-state index contributed by atoms with van der Waals surface area (Å²) in [5, 5.41) is 17.7. The zero-order valence-corrected chi connectivity index (χ0v) is 11.8. The Labute approximate surface area is 114 Å². The number of aromatic nitrogens is 3. The van der Waals surface area contributed by atoms with Crippen LogP contribution >= 0.6 is 0 Å². The minimum absolute atomic E-state index is 0.0738. The monoisotopic (exact) mass is 259 g/mol. The maximum absolute atomic E-state index is 9.36. The van der Waals surface area contributed by atoms with E-state index >= 15 is 0 Å². The molecule has 19 heavy (non-hydrogen) atoms. The molecule has 102 valence electrons. The highest BCUT2D eigenvalue weighted by atomic mass is 16.3. The van der Waals surface area contributed by atoms with Crippen molar-refractivity contribution in [1.82, 2.24) is 14.8 Å². The number of aliphatic hydroxyl groups excluding tert-OH is 1. The molecule has 0 radical (unpaired) electrons. The summed E-state index contributed by atoms with van der Waals surface area (Å²) in [7, 11) is 0. The molecule has 0 bridgehead atoms. The Morgan fingerprint density at radius 1 is 1.00 bits per heavy atom. The van der Waals surface area contributed by atoms with E-state index in [9.17, 15) is 5.11 Å². The number of hydrogen-bond donors (Lipinski definition) is 1. The molecule has 2 aromatic rings. The van der Waals surface area contributed by atoms with Crippen LogP contribution in [0.3, 0.4) is 0 Å². The molecule has 1 aromatic heterocycles. The molecule has 0 aliphatic heterocycles. The second-order valence-corrected chi connectivity index (χ2v) is 5.68. The molecule has 0 unspecified atom stereocenters. The first-order valence-corrected chi connectivity index (χ1v) is 6.61. The SMILES string of the molecule is CC(C)(C)n1c(CO)nnc1CCc1ccccc1. The summed E-state index contributed by atoms with van der Waals surface area (Å²) in [5.41, 5.74) is 1.17. The van der Waals surface area contributed by atoms with Crippen LogP contribution in [0.25, 0.3) is 0 Å². The van der Waals surface area contributed by atoms with Gasteiger partial charge in [0.15, 0.2) is 5.82 Å². The lowest BCUT2D eigenvalue weighted by molar-refractivity contribution is 0.247. The van der Waals surface area contributed by atoms with Crippen LogP contribution in [0.2, 0.25) is 0 Å². The number of aryl methyl sites for hydroxylation is 2. The van der Waals surface area contributed by atoms with Gasteiger partial charge in [0.05, 0.1) is 0 Å². The molecule has 0 atom stereocenters. The molecule has 0 saturated heterocycles. The van der Waals surface area contributed by atoms with E-state index in [2.05, 4.69) is 43.1 Å². The molecule has 0 saturated carbocycles. The van der Waals surface area contributed by atoms with E-state index in [-0.39, 0.29) is 12.1 Å². The molecule has 2 rings (SSSR count). The van der Waals surface area contributed by atoms with E-state index in [1.54, 1.807) is 0 Å². The second kappa shape index (κ2) is 5.53. The average Bonchev–Trinajstić information content (AvgIpc) is 2.80. The van der Waals surface area contributed by atoms with Crippen molar-refractivity contribution in [3.63, 3.8) is 0 Å². The Morgan fingerprint density at radius 2 is 1.63 bits per heavy atom. The highest BCUT2D eigenvalue weighted by molar-refractivity contribution is 5.16. The highest BCUT2D eigenvalue weighted by Gasteiger charge is 2.22. The van der Waals surface area contributed by atoms with Crippen LogP contribution in [-0.4, -0.2) is 19.9 Å². The molecule has 4 nitrogen and oxygen atoms in total. The quantitative estimate of drug-likeness (QED) is 0.916. The molecular formula is C15H21N3O. The van der Waals surface area contributed by atoms with Crippen molar-refractivity contribution in [2.75, 3.05) is 0 Å². The van der Waals surface area contributed by atoms with E-state index in [0.717, 1.165) is 18.7 Å². The van der Waals surface area contributed by atoms with Gasteiger partial charge in [-0.1, -0.05) is 30.3 Å². The van der Waals surface area contributed by atoms with Gasteiger partial charge in [-0.3, -0.25) is 0 Å². The lowest BCUT2D eigenvalue weighted by atomic mass is 10.1. The van der Waals surface area contributed by atoms with Gasteiger partial charge in [0.2, 0.25) is 0 Å². The summed E-state index contributed by atoms with van der Waals surface area (Å²) in [4.78, 5) is 0. The first kappa shape index (κ1) is 13.7. The summed E-state index contributed by atoms with van der Waals surface area (Å²) < 4.78 is 2.04. The van der Waals surface area contributed by atoms with Crippen LogP contribution in [0.4, 0.5) is 0 Å². The van der Waals surface area contributed by atoms with Crippen molar-refractivity contribution < 1.29 is 5.11 Å². The predicted molar refractivity (Wildman–Crippen MR) is 74.8 cm³/mol. The fraction of sp³-hybridized carbons (Fsp3) is 0.467. The van der Waals surface area contributed by atoms with E-state index < -0.39 is 0 Å². The predicted octanol–water partition coefficient (Wildman–Crippen LogP) is 2.31. The molecule has 0 aliphatic rings. The van der Waals surface area contributed by atoms with Gasteiger partial charge in [-0.2, -0.15) is 0 Å². The first-order chi connectivity index (χ1) is 9.02. The van der Waals surface area contributed by atoms with Gasteiger partial charge in [-0.15, -0.1) is 10.2 Å². The zero-order valence-electron chi connectivity index (χ0n) is 11.8. The van der Waals surface area contributed by atoms with Gasteiger partial charge >= 0.3 is 0 Å². The normalized spacial score (nSPS) is 11.8. The average molecular weight is 259 g/mol. The van der Waals surface area contributed by atoms with E-state index in [1.807, 2.05) is 22.8 Å². The Morgan fingerprint density at radius 3 is 2.21 bits per heavy atom. The van der Waals surface area contributed by atoms with Gasteiger partial charge < -0.3 is 9.67 Å². The fourth-order valence-electron chi connectivity index (χ4n) is 2.29. The van der Waals surface area contributed by atoms with Crippen molar-refractivity contribution in [3.05, 3.63) is 47.5 Å². The van der Waals surface area contributed by atoms with Gasteiger partial charge in [0.1, 0.15) is 12.4 Å². The number of nitrogens with zero attached hydrogens (tertiary/aromatic N) is 3. The number of hydrogen-bond acceptors (Lipinski definition) is 3. The fourth-order valence-corrected chi connectivity index (χ4v) is 2.29. The maximum atomic E-state index is 9.36. The third-order valence-corrected chi connectivity index (χ3v) is 3.09. The van der Waals surface area contributed by atoms with E-state index in [0.29, 0.717) is 5.82 Å². The second-order valence-electron chi connectivity index (χ2n) is 5.68. The Kier molecular flexibility index (Phi) is 4.00. The summed E-state index contributed by atoms with van der Waals surface area (Å²) in [5.74, 6) is 1.57. The molecule has 0 amide bonds. The lowest BCUT2D eigenvalue weighted by Crippen LogP contribution is -2.26. The third-order valence-electron chi connectivity index (χ3n) is 3.09. The Bertz CT molecular complexity index is 526. The topological polar surface area (TPSA) is 50.9 Å². The van der Waals surface area contributed by atoms with Crippen molar-refractivity contribution in [2.24, 2.45) is 0 Å². The van der Waals surface area contributed by atoms with Crippen LogP contribution in [0, 0.1) is 0 Å². The van der Waals surface area contributed by atoms with E-state index in [4.69, 9.17) is 0 Å². The summed E-state index contributed by atoms with van der Waals surface area (Å²) in [6, 6.07) is 10.3. The molecule has 1 aromatic carbocycles. The number of rotatable bonds is 4. The van der Waals surface area contributed by atoms with Crippen LogP contribution in [0.15, 0.2) is 30.3 Å². The van der Waals surface area contributed by atoms with Crippen LogP contribution in [-0.2, 0) is 25.0 Å². The maximum Gasteiger partial charge on any atom is 0.159 e. The summed E-state index contributed by atoms with van der Waals surface area (Å²) >= 11 is 0.